The number of anilines is 1. The summed E-state index contributed by atoms with van der Waals surface area (Å²) in [6.45, 7) is -0.0140. The molecule has 9 heteroatoms. The Bertz CT molecular complexity index is 666. The summed E-state index contributed by atoms with van der Waals surface area (Å²) in [5, 5.41) is 8.45. The quantitative estimate of drug-likeness (QED) is 0.759. The van der Waals surface area contributed by atoms with Gasteiger partial charge in [-0.3, -0.25) is 9.89 Å². The van der Waals surface area contributed by atoms with Crippen molar-refractivity contribution in [2.75, 3.05) is 5.73 Å². The number of nitrogens with two attached hydrogens (primary N) is 1. The van der Waals surface area contributed by atoms with Gasteiger partial charge in [-0.25, -0.2) is 4.39 Å². The summed E-state index contributed by atoms with van der Waals surface area (Å²) in [5.74, 6) is -1.97. The number of nitrogens with one attached hydrogen (secondary N) is 2. The highest BCUT2D eigenvalue weighted by Gasteiger charge is 2.34. The molecular weight excluding hydrogens is 292 g/mol. The number of carbonyl (C=O) groups is 1. The molecule has 1 aromatic carbocycles. The molecule has 5 nitrogen and oxygen atoms in total. The summed E-state index contributed by atoms with van der Waals surface area (Å²) in [7, 11) is 0. The molecule has 0 aliphatic carbocycles. The summed E-state index contributed by atoms with van der Waals surface area (Å²) in [5.41, 5.74) is 4.20. The highest BCUT2D eigenvalue weighted by molar-refractivity contribution is 5.94. The van der Waals surface area contributed by atoms with E-state index < -0.39 is 23.5 Å². The molecule has 0 spiro atoms. The van der Waals surface area contributed by atoms with E-state index in [1.54, 1.807) is 0 Å². The number of amides is 1. The van der Waals surface area contributed by atoms with Crippen molar-refractivity contribution < 1.29 is 22.4 Å². The zero-order chi connectivity index (χ0) is 15.6. The maximum Gasteiger partial charge on any atom is 0.419 e. The Morgan fingerprint density at radius 2 is 2.10 bits per heavy atom. The van der Waals surface area contributed by atoms with Crippen LogP contribution in [0.3, 0.4) is 0 Å². The fraction of sp³-hybridized carbons (Fsp3) is 0.167. The van der Waals surface area contributed by atoms with Crippen LogP contribution in [-0.4, -0.2) is 16.1 Å². The number of nitrogens with zero attached hydrogens (tertiary/aromatic N) is 1. The molecule has 0 aliphatic rings. The second-order valence-electron chi connectivity index (χ2n) is 4.18. The number of aromatic nitrogens is 2. The molecule has 0 saturated heterocycles. The van der Waals surface area contributed by atoms with E-state index in [2.05, 4.69) is 15.5 Å². The lowest BCUT2D eigenvalue weighted by atomic mass is 10.1. The Kier molecular flexibility index (Phi) is 3.83. The predicted octanol–water partition coefficient (Wildman–Crippen LogP) is 2.08. The molecule has 2 aromatic rings. The van der Waals surface area contributed by atoms with Gasteiger partial charge in [-0.15, -0.1) is 0 Å². The number of rotatable bonds is 3. The van der Waals surface area contributed by atoms with E-state index in [-0.39, 0.29) is 17.9 Å². The SMILES string of the molecule is Nc1[nH]ncc1CNC(=O)c1ccc(F)c(C(F)(F)F)c1. The number of halogens is 4. The van der Waals surface area contributed by atoms with Crippen molar-refractivity contribution in [3.05, 3.63) is 46.9 Å². The highest BCUT2D eigenvalue weighted by atomic mass is 19.4. The van der Waals surface area contributed by atoms with Crippen molar-refractivity contribution in [3.8, 4) is 0 Å². The zero-order valence-corrected chi connectivity index (χ0v) is 10.5. The molecule has 0 saturated carbocycles. The van der Waals surface area contributed by atoms with Gasteiger partial charge in [-0.2, -0.15) is 18.3 Å². The molecule has 0 radical (unpaired) electrons. The minimum Gasteiger partial charge on any atom is -0.384 e. The van der Waals surface area contributed by atoms with Crippen LogP contribution in [0, 0.1) is 5.82 Å². The standard InChI is InChI=1S/C12H10F4N4O/c13-9-2-1-6(3-8(9)12(14,15)16)11(21)18-4-7-5-19-20-10(7)17/h1-3,5H,4H2,(H,18,21)(H3,17,19,20). The Morgan fingerprint density at radius 3 is 2.67 bits per heavy atom. The monoisotopic (exact) mass is 302 g/mol. The number of H-pyrrole nitrogens is 1. The van der Waals surface area contributed by atoms with Crippen LogP contribution in [0.1, 0.15) is 21.5 Å². The van der Waals surface area contributed by atoms with E-state index in [0.29, 0.717) is 17.7 Å². The molecule has 21 heavy (non-hydrogen) atoms. The fourth-order valence-electron chi connectivity index (χ4n) is 1.62. The van der Waals surface area contributed by atoms with Crippen molar-refractivity contribution in [2.24, 2.45) is 0 Å². The van der Waals surface area contributed by atoms with Gasteiger partial charge in [-0.05, 0) is 18.2 Å². The molecule has 0 aliphatic heterocycles. The smallest absolute Gasteiger partial charge is 0.384 e. The lowest BCUT2D eigenvalue weighted by molar-refractivity contribution is -0.140. The molecular formula is C12H10F4N4O. The van der Waals surface area contributed by atoms with Crippen molar-refractivity contribution in [3.63, 3.8) is 0 Å². The first-order valence-electron chi connectivity index (χ1n) is 5.71. The van der Waals surface area contributed by atoms with Crippen molar-refractivity contribution in [2.45, 2.75) is 12.7 Å². The first kappa shape index (κ1) is 14.8. The number of carbonyl (C=O) groups excluding carboxylic acids is 1. The summed E-state index contributed by atoms with van der Waals surface area (Å²) in [4.78, 5) is 11.8. The summed E-state index contributed by atoms with van der Waals surface area (Å²) in [6.07, 6.45) is -3.49. The maximum absolute atomic E-state index is 13.1. The average molecular weight is 302 g/mol. The van der Waals surface area contributed by atoms with Crippen LogP contribution in [0.5, 0.6) is 0 Å². The largest absolute Gasteiger partial charge is 0.419 e. The third-order valence-corrected chi connectivity index (χ3v) is 2.72. The summed E-state index contributed by atoms with van der Waals surface area (Å²) >= 11 is 0. The molecule has 0 fully saturated rings. The van der Waals surface area contributed by atoms with Crippen LogP contribution in [0.4, 0.5) is 23.4 Å². The van der Waals surface area contributed by atoms with Crippen LogP contribution < -0.4 is 11.1 Å². The van der Waals surface area contributed by atoms with Gasteiger partial charge in [0, 0.05) is 17.7 Å². The molecule has 1 amide bonds. The van der Waals surface area contributed by atoms with Crippen LogP contribution >= 0.6 is 0 Å². The minimum atomic E-state index is -4.87. The lowest BCUT2D eigenvalue weighted by Gasteiger charge is -2.10. The third kappa shape index (κ3) is 3.30. The zero-order valence-electron chi connectivity index (χ0n) is 10.5. The Morgan fingerprint density at radius 1 is 1.38 bits per heavy atom. The van der Waals surface area contributed by atoms with Gasteiger partial charge < -0.3 is 11.1 Å². The van der Waals surface area contributed by atoms with E-state index in [1.807, 2.05) is 0 Å². The molecule has 0 unspecified atom stereocenters. The molecule has 112 valence electrons. The Hall–Kier alpha value is -2.58. The molecule has 0 atom stereocenters. The second-order valence-corrected chi connectivity index (χ2v) is 4.18. The number of nitrogen functional groups attached to an aromatic ring is 1. The minimum absolute atomic E-state index is 0.0140. The normalized spacial score (nSPS) is 11.4. The summed E-state index contributed by atoms with van der Waals surface area (Å²) < 4.78 is 50.8. The number of alkyl halides is 3. The van der Waals surface area contributed by atoms with Crippen LogP contribution in [0.2, 0.25) is 0 Å². The summed E-state index contributed by atoms with van der Waals surface area (Å²) in [6, 6.07) is 2.03. The first-order valence-corrected chi connectivity index (χ1v) is 5.71. The van der Waals surface area contributed by atoms with Gasteiger partial charge in [0.15, 0.2) is 0 Å². The van der Waals surface area contributed by atoms with Gasteiger partial charge in [-0.1, -0.05) is 0 Å². The van der Waals surface area contributed by atoms with Crippen molar-refractivity contribution in [1.29, 1.82) is 0 Å². The van der Waals surface area contributed by atoms with Crippen LogP contribution in [0.25, 0.3) is 0 Å². The van der Waals surface area contributed by atoms with Gasteiger partial charge in [0.05, 0.1) is 11.8 Å². The van der Waals surface area contributed by atoms with Crippen LogP contribution in [0.15, 0.2) is 24.4 Å². The predicted molar refractivity (Wildman–Crippen MR) is 65.6 cm³/mol. The van der Waals surface area contributed by atoms with Gasteiger partial charge in [0.2, 0.25) is 0 Å². The van der Waals surface area contributed by atoms with Gasteiger partial charge in [0.1, 0.15) is 11.6 Å². The molecule has 1 aromatic heterocycles. The van der Waals surface area contributed by atoms with Gasteiger partial charge >= 0.3 is 6.18 Å². The fourth-order valence-corrected chi connectivity index (χ4v) is 1.62. The topological polar surface area (TPSA) is 83.8 Å². The number of benzene rings is 1. The first-order chi connectivity index (χ1) is 9.79. The average Bonchev–Trinajstić information content (AvgIpc) is 2.80. The van der Waals surface area contributed by atoms with E-state index in [4.69, 9.17) is 5.73 Å². The lowest BCUT2D eigenvalue weighted by Crippen LogP contribution is -2.23. The maximum atomic E-state index is 13.1. The van der Waals surface area contributed by atoms with E-state index in [1.165, 1.54) is 6.20 Å². The van der Waals surface area contributed by atoms with E-state index >= 15 is 0 Å². The highest BCUT2D eigenvalue weighted by Crippen LogP contribution is 2.31. The number of hydrogen-bond donors (Lipinski definition) is 3. The molecule has 1 heterocycles. The van der Waals surface area contributed by atoms with E-state index in [9.17, 15) is 22.4 Å². The Labute approximate surface area is 116 Å². The molecule has 4 N–H and O–H groups in total. The molecule has 2 rings (SSSR count). The van der Waals surface area contributed by atoms with Crippen LogP contribution in [-0.2, 0) is 12.7 Å². The third-order valence-electron chi connectivity index (χ3n) is 2.72. The molecule has 0 bridgehead atoms. The number of aromatic amines is 1. The van der Waals surface area contributed by atoms with E-state index in [0.717, 1.165) is 6.07 Å². The van der Waals surface area contributed by atoms with Crippen molar-refractivity contribution in [1.82, 2.24) is 15.5 Å². The number of hydrogen-bond acceptors (Lipinski definition) is 3. The second kappa shape index (κ2) is 5.43. The van der Waals surface area contributed by atoms with Gasteiger partial charge in [0.25, 0.3) is 5.91 Å². The Balaban J connectivity index is 2.15. The van der Waals surface area contributed by atoms with Crippen molar-refractivity contribution >= 4 is 11.7 Å².